The lowest BCUT2D eigenvalue weighted by molar-refractivity contribution is -0.173. The van der Waals surface area contributed by atoms with Crippen LogP contribution in [0.25, 0.3) is 0 Å². The van der Waals surface area contributed by atoms with Crippen LogP contribution in [-0.4, -0.2) is 46.5 Å². The summed E-state index contributed by atoms with van der Waals surface area (Å²) in [7, 11) is -1.78. The van der Waals surface area contributed by atoms with Crippen LogP contribution in [-0.2, 0) is 22.6 Å². The smallest absolute Gasteiger partial charge is 0.311 e. The predicted octanol–water partition coefficient (Wildman–Crippen LogP) is 4.87. The first-order valence-electron chi connectivity index (χ1n) is 9.47. The monoisotopic (exact) mass is 380 g/mol. The Kier molecular flexibility index (Phi) is 5.90. The van der Waals surface area contributed by atoms with E-state index >= 15 is 0 Å². The Balaban J connectivity index is 0.00000164. The maximum absolute atomic E-state index is 11.8. The molecule has 3 heterocycles. The van der Waals surface area contributed by atoms with Gasteiger partial charge in [-0.2, -0.15) is 10.6 Å². The Morgan fingerprint density at radius 2 is 1.56 bits per heavy atom. The van der Waals surface area contributed by atoms with Gasteiger partial charge in [0.15, 0.2) is 0 Å². The molecule has 152 valence electrons. The van der Waals surface area contributed by atoms with Gasteiger partial charge in [0.1, 0.15) is 31.0 Å². The van der Waals surface area contributed by atoms with Crippen LogP contribution >= 0.6 is 10.6 Å². The first-order chi connectivity index (χ1) is 11.5. The molecule has 3 saturated heterocycles. The zero-order valence-corrected chi connectivity index (χ0v) is 18.1. The van der Waals surface area contributed by atoms with Crippen LogP contribution < -0.4 is 0 Å². The van der Waals surface area contributed by atoms with Crippen LogP contribution in [0.15, 0.2) is 0 Å². The molecule has 0 N–H and O–H groups in total. The average molecular weight is 381 g/mol. The van der Waals surface area contributed by atoms with E-state index in [1.54, 1.807) is 0 Å². The summed E-state index contributed by atoms with van der Waals surface area (Å²) in [6.07, 6.45) is 0.169. The van der Waals surface area contributed by atoms with Crippen molar-refractivity contribution in [3.05, 3.63) is 0 Å². The van der Waals surface area contributed by atoms with Gasteiger partial charge in [0, 0.05) is 9.27 Å². The van der Waals surface area contributed by atoms with Crippen molar-refractivity contribution in [2.45, 2.75) is 103 Å². The number of esters is 1. The van der Waals surface area contributed by atoms with Crippen molar-refractivity contribution >= 4 is 16.6 Å². The minimum absolute atomic E-state index is 0. The first-order valence-corrected chi connectivity index (χ1v) is 11.0. The molecule has 3 aliphatic rings. The Labute approximate surface area is 157 Å². The molecule has 0 aliphatic carbocycles. The summed E-state index contributed by atoms with van der Waals surface area (Å²) in [4.78, 5) is 11.8. The number of fused-ring (bicyclic) bond motifs is 2. The number of rotatable bonds is 0. The second-order valence-corrected chi connectivity index (χ2v) is 12.7. The zero-order chi connectivity index (χ0) is 19.2. The molecule has 5 nitrogen and oxygen atoms in total. The van der Waals surface area contributed by atoms with E-state index in [-0.39, 0.29) is 48.7 Å². The van der Waals surface area contributed by atoms with Crippen molar-refractivity contribution in [2.24, 2.45) is 5.92 Å². The number of hydrogen-bond donors (Lipinski definition) is 0. The van der Waals surface area contributed by atoms with Gasteiger partial charge in [0.2, 0.25) is 0 Å². The van der Waals surface area contributed by atoms with Gasteiger partial charge in [-0.3, -0.25) is 13.2 Å². The van der Waals surface area contributed by atoms with Crippen molar-refractivity contribution in [2.75, 3.05) is 6.61 Å². The summed E-state index contributed by atoms with van der Waals surface area (Å²) >= 11 is 0. The summed E-state index contributed by atoms with van der Waals surface area (Å²) in [5, 5.41) is 0. The van der Waals surface area contributed by atoms with E-state index in [1.807, 2.05) is 20.8 Å². The quantitative estimate of drug-likeness (QED) is 0.561. The third-order valence-corrected chi connectivity index (χ3v) is 9.19. The summed E-state index contributed by atoms with van der Waals surface area (Å²) in [5.74, 6) is -0.366. The minimum atomic E-state index is -1.78. The molecule has 0 bridgehead atoms. The third kappa shape index (κ3) is 3.47. The standard InChI is InChI=1S/C17H30O5S.C2H6.2H2/c1-10-14-12(21-15(10)18)8-11-13(20-14)9-19-23(22-11,16(2,3)4)17(5,6)7;1-2;;/h10-14H,8-9H2,1-7H3;1-2H3;2*1H/t10-,11+,12?,13+,14?;;;/m0.../s1. The molecule has 0 aromatic carbocycles. The largest absolute Gasteiger partial charge is 0.459 e. The first kappa shape index (κ1) is 21.0. The van der Waals surface area contributed by atoms with Gasteiger partial charge >= 0.3 is 5.97 Å². The second-order valence-electron chi connectivity index (χ2n) is 8.79. The van der Waals surface area contributed by atoms with E-state index in [1.165, 1.54) is 0 Å². The van der Waals surface area contributed by atoms with Crippen LogP contribution in [0.2, 0.25) is 0 Å². The zero-order valence-electron chi connectivity index (χ0n) is 17.3. The highest BCUT2D eigenvalue weighted by Crippen LogP contribution is 2.71. The van der Waals surface area contributed by atoms with Crippen LogP contribution in [0.1, 0.15) is 71.6 Å². The van der Waals surface area contributed by atoms with E-state index in [4.69, 9.17) is 17.8 Å². The van der Waals surface area contributed by atoms with Gasteiger partial charge in [-0.05, 0) is 48.5 Å². The Bertz CT molecular complexity index is 489. The molecule has 2 unspecified atom stereocenters. The third-order valence-electron chi connectivity index (χ3n) is 4.98. The normalized spacial score (nSPS) is 38.6. The van der Waals surface area contributed by atoms with E-state index in [0.717, 1.165) is 0 Å². The number of ether oxygens (including phenoxy) is 2. The molecule has 0 aromatic heterocycles. The van der Waals surface area contributed by atoms with Crippen molar-refractivity contribution in [3.63, 3.8) is 0 Å². The van der Waals surface area contributed by atoms with Gasteiger partial charge in [0.25, 0.3) is 0 Å². The Morgan fingerprint density at radius 3 is 2.08 bits per heavy atom. The van der Waals surface area contributed by atoms with Gasteiger partial charge in [-0.25, -0.2) is 0 Å². The molecular formula is C19H40O5S. The van der Waals surface area contributed by atoms with E-state index in [9.17, 15) is 4.79 Å². The SMILES string of the molecule is CC.C[C@@H]1C(=O)OC2C[C@H]3OS(C(C)(C)C)(C(C)(C)C)OC[C@H]3OC21.[HH].[HH]. The summed E-state index contributed by atoms with van der Waals surface area (Å²) in [5.41, 5.74) is 0. The molecule has 0 saturated carbocycles. The highest BCUT2D eigenvalue weighted by atomic mass is 32.3. The van der Waals surface area contributed by atoms with Crippen molar-refractivity contribution in [1.29, 1.82) is 0 Å². The van der Waals surface area contributed by atoms with Gasteiger partial charge < -0.3 is 9.47 Å². The van der Waals surface area contributed by atoms with E-state index in [0.29, 0.717) is 13.0 Å². The fourth-order valence-corrected chi connectivity index (χ4v) is 8.06. The van der Waals surface area contributed by atoms with E-state index < -0.39 is 10.6 Å². The summed E-state index contributed by atoms with van der Waals surface area (Å²) in [6, 6.07) is 0. The molecule has 3 aliphatic heterocycles. The number of carbonyl (C=O) groups excluding carboxylic acids is 1. The lowest BCUT2D eigenvalue weighted by Crippen LogP contribution is -2.56. The van der Waals surface area contributed by atoms with Crippen molar-refractivity contribution in [3.8, 4) is 0 Å². The molecule has 5 atom stereocenters. The molecule has 0 amide bonds. The highest BCUT2D eigenvalue weighted by molar-refractivity contribution is 8.28. The minimum Gasteiger partial charge on any atom is -0.459 e. The van der Waals surface area contributed by atoms with Gasteiger partial charge in [-0.15, -0.1) is 0 Å². The Morgan fingerprint density at radius 1 is 1.00 bits per heavy atom. The molecule has 0 aromatic rings. The molecule has 6 heteroatoms. The topological polar surface area (TPSA) is 54.0 Å². The van der Waals surface area contributed by atoms with Crippen LogP contribution in [0, 0.1) is 5.92 Å². The molecule has 0 spiro atoms. The van der Waals surface area contributed by atoms with Crippen molar-refractivity contribution < 1.29 is 25.5 Å². The highest BCUT2D eigenvalue weighted by Gasteiger charge is 2.56. The summed E-state index contributed by atoms with van der Waals surface area (Å²) in [6.45, 7) is 19.5. The maximum Gasteiger partial charge on any atom is 0.311 e. The molecular weight excluding hydrogens is 340 g/mol. The molecule has 3 rings (SSSR count). The second kappa shape index (κ2) is 7.02. The Hall–Kier alpha value is -0.300. The number of carbonyl (C=O) groups is 1. The summed E-state index contributed by atoms with van der Waals surface area (Å²) < 4.78 is 24.4. The lowest BCUT2D eigenvalue weighted by atomic mass is 9.94. The molecule has 3 fully saturated rings. The fourth-order valence-electron chi connectivity index (χ4n) is 4.01. The maximum atomic E-state index is 11.8. The van der Waals surface area contributed by atoms with Gasteiger partial charge in [0.05, 0.1) is 15.4 Å². The van der Waals surface area contributed by atoms with Crippen LogP contribution in [0.3, 0.4) is 0 Å². The average Bonchev–Trinajstić information content (AvgIpc) is 2.78. The fraction of sp³-hybridized carbons (Fsp3) is 0.947. The lowest BCUT2D eigenvalue weighted by Gasteiger charge is -2.65. The molecule has 25 heavy (non-hydrogen) atoms. The van der Waals surface area contributed by atoms with E-state index in [2.05, 4.69) is 41.5 Å². The van der Waals surface area contributed by atoms with Crippen molar-refractivity contribution in [1.82, 2.24) is 0 Å². The van der Waals surface area contributed by atoms with Crippen LogP contribution in [0.4, 0.5) is 0 Å². The predicted molar refractivity (Wildman–Crippen MR) is 106 cm³/mol. The van der Waals surface area contributed by atoms with Gasteiger partial charge in [-0.1, -0.05) is 13.8 Å². The molecule has 0 radical (unpaired) electrons. The van der Waals surface area contributed by atoms with Crippen LogP contribution in [0.5, 0.6) is 0 Å². The number of hydrogen-bond acceptors (Lipinski definition) is 5.